The molecular formula is C25H52ClN. The van der Waals surface area contributed by atoms with E-state index in [4.69, 9.17) is 0 Å². The van der Waals surface area contributed by atoms with Crippen molar-refractivity contribution in [3.05, 3.63) is 12.7 Å². The molecule has 0 radical (unpaired) electrons. The lowest BCUT2D eigenvalue weighted by atomic mass is 9.97. The van der Waals surface area contributed by atoms with Crippen molar-refractivity contribution in [3.8, 4) is 0 Å². The lowest BCUT2D eigenvalue weighted by molar-refractivity contribution is -0.910. The number of halogens is 1. The van der Waals surface area contributed by atoms with Crippen molar-refractivity contribution >= 4 is 0 Å². The molecule has 0 rings (SSSR count). The van der Waals surface area contributed by atoms with Crippen molar-refractivity contribution < 1.29 is 16.9 Å². The molecule has 0 bridgehead atoms. The predicted molar refractivity (Wildman–Crippen MR) is 121 cm³/mol. The van der Waals surface area contributed by atoms with Crippen molar-refractivity contribution in [2.45, 2.75) is 129 Å². The highest BCUT2D eigenvalue weighted by Gasteiger charge is 2.25. The van der Waals surface area contributed by atoms with Gasteiger partial charge in [0.1, 0.15) is 0 Å². The van der Waals surface area contributed by atoms with Crippen LogP contribution in [0.3, 0.4) is 0 Å². The Morgan fingerprint density at radius 1 is 0.630 bits per heavy atom. The Kier molecular flexibility index (Phi) is 22.4. The van der Waals surface area contributed by atoms with Crippen LogP contribution in [-0.4, -0.2) is 31.2 Å². The summed E-state index contributed by atoms with van der Waals surface area (Å²) >= 11 is 0. The van der Waals surface area contributed by atoms with Crippen LogP contribution in [0.25, 0.3) is 0 Å². The molecule has 0 aromatic carbocycles. The van der Waals surface area contributed by atoms with E-state index in [0.717, 1.165) is 17.1 Å². The molecule has 0 saturated carbocycles. The lowest BCUT2D eigenvalue weighted by Crippen LogP contribution is -3.00. The quantitative estimate of drug-likeness (QED) is 0.147. The maximum absolute atomic E-state index is 3.99. The molecule has 0 aliphatic heterocycles. The summed E-state index contributed by atoms with van der Waals surface area (Å²) in [7, 11) is 4.83. The Morgan fingerprint density at radius 2 is 0.963 bits per heavy atom. The Labute approximate surface area is 179 Å². The molecule has 0 heterocycles. The van der Waals surface area contributed by atoms with E-state index in [-0.39, 0.29) is 12.4 Å². The molecule has 0 amide bonds. The third-order valence-electron chi connectivity index (χ3n) is 6.12. The molecule has 2 heteroatoms. The second-order valence-corrected chi connectivity index (χ2v) is 9.08. The fraction of sp³-hybridized carbons (Fsp3) is 0.920. The molecule has 1 unspecified atom stereocenters. The minimum Gasteiger partial charge on any atom is -1.00 e. The third kappa shape index (κ3) is 17.8. The Balaban J connectivity index is 0. The van der Waals surface area contributed by atoms with Gasteiger partial charge in [0.05, 0.1) is 26.7 Å². The Hall–Kier alpha value is -0.0100. The van der Waals surface area contributed by atoms with Crippen molar-refractivity contribution in [1.29, 1.82) is 0 Å². The van der Waals surface area contributed by atoms with Gasteiger partial charge in [-0.1, -0.05) is 104 Å². The summed E-state index contributed by atoms with van der Waals surface area (Å²) < 4.78 is 1.13. The minimum atomic E-state index is 0. The van der Waals surface area contributed by atoms with Crippen molar-refractivity contribution in [2.75, 3.05) is 20.6 Å². The Bertz CT molecular complexity index is 301. The second kappa shape index (κ2) is 20.7. The van der Waals surface area contributed by atoms with Crippen molar-refractivity contribution in [1.82, 2.24) is 0 Å². The van der Waals surface area contributed by atoms with Crippen LogP contribution in [0.15, 0.2) is 12.7 Å². The first-order valence-corrected chi connectivity index (χ1v) is 12.0. The lowest BCUT2D eigenvalue weighted by Gasteiger charge is -2.38. The van der Waals surface area contributed by atoms with Gasteiger partial charge >= 0.3 is 0 Å². The van der Waals surface area contributed by atoms with Gasteiger partial charge in [-0.25, -0.2) is 0 Å². The van der Waals surface area contributed by atoms with E-state index in [9.17, 15) is 0 Å². The van der Waals surface area contributed by atoms with Crippen molar-refractivity contribution in [3.63, 3.8) is 0 Å². The SMILES string of the molecule is C=CC[N+](C)(C)C(CCCCCCCC)CCCCCCCCCCC.[Cl-]. The van der Waals surface area contributed by atoms with Crippen LogP contribution in [0.1, 0.15) is 123 Å². The van der Waals surface area contributed by atoms with Gasteiger partial charge in [-0.05, 0) is 31.8 Å². The van der Waals surface area contributed by atoms with Gasteiger partial charge in [0.25, 0.3) is 0 Å². The summed E-state index contributed by atoms with van der Waals surface area (Å²) in [5.41, 5.74) is 0. The number of hydrogen-bond donors (Lipinski definition) is 0. The highest BCUT2D eigenvalue weighted by Crippen LogP contribution is 2.22. The highest BCUT2D eigenvalue weighted by molar-refractivity contribution is 4.69. The van der Waals surface area contributed by atoms with E-state index >= 15 is 0 Å². The van der Waals surface area contributed by atoms with E-state index in [1.165, 1.54) is 109 Å². The molecule has 0 aromatic heterocycles. The van der Waals surface area contributed by atoms with E-state index in [2.05, 4.69) is 40.6 Å². The van der Waals surface area contributed by atoms with E-state index in [1.54, 1.807) is 0 Å². The molecule has 0 aromatic rings. The summed E-state index contributed by atoms with van der Waals surface area (Å²) in [5.74, 6) is 0. The number of quaternary nitrogens is 1. The Morgan fingerprint density at radius 3 is 1.30 bits per heavy atom. The van der Waals surface area contributed by atoms with Gasteiger partial charge in [0.2, 0.25) is 0 Å². The fourth-order valence-electron chi connectivity index (χ4n) is 4.18. The first kappa shape index (κ1) is 29.2. The maximum atomic E-state index is 3.99. The van der Waals surface area contributed by atoms with Crippen LogP contribution in [0.5, 0.6) is 0 Å². The zero-order chi connectivity index (χ0) is 19.5. The van der Waals surface area contributed by atoms with Crippen LogP contribution in [0, 0.1) is 0 Å². The fourth-order valence-corrected chi connectivity index (χ4v) is 4.18. The number of likely N-dealkylation sites (N-methyl/N-ethyl adjacent to an activating group) is 1. The zero-order valence-electron chi connectivity index (χ0n) is 19.4. The number of unbranched alkanes of at least 4 members (excludes halogenated alkanes) is 13. The van der Waals surface area contributed by atoms with Crippen molar-refractivity contribution in [2.24, 2.45) is 0 Å². The van der Waals surface area contributed by atoms with Crippen LogP contribution in [0.2, 0.25) is 0 Å². The summed E-state index contributed by atoms with van der Waals surface area (Å²) in [6.45, 7) is 9.70. The summed E-state index contributed by atoms with van der Waals surface area (Å²) in [4.78, 5) is 0. The highest BCUT2D eigenvalue weighted by atomic mass is 35.5. The first-order valence-electron chi connectivity index (χ1n) is 12.0. The molecule has 1 nitrogen and oxygen atoms in total. The van der Waals surface area contributed by atoms with Gasteiger partial charge in [0, 0.05) is 0 Å². The number of rotatable bonds is 20. The summed E-state index contributed by atoms with van der Waals surface area (Å²) in [5, 5.41) is 0. The summed E-state index contributed by atoms with van der Waals surface area (Å²) in [6, 6.07) is 0.823. The van der Waals surface area contributed by atoms with Crippen LogP contribution >= 0.6 is 0 Å². The van der Waals surface area contributed by atoms with Gasteiger partial charge in [-0.2, -0.15) is 0 Å². The van der Waals surface area contributed by atoms with Crippen LogP contribution in [0.4, 0.5) is 0 Å². The molecule has 0 saturated heterocycles. The van der Waals surface area contributed by atoms with Gasteiger partial charge in [-0.15, -0.1) is 0 Å². The van der Waals surface area contributed by atoms with Gasteiger partial charge < -0.3 is 16.9 Å². The van der Waals surface area contributed by atoms with Crippen LogP contribution in [-0.2, 0) is 0 Å². The first-order chi connectivity index (χ1) is 12.6. The van der Waals surface area contributed by atoms with Crippen LogP contribution < -0.4 is 12.4 Å². The maximum Gasteiger partial charge on any atom is 0.0969 e. The zero-order valence-corrected chi connectivity index (χ0v) is 20.2. The topological polar surface area (TPSA) is 0 Å². The molecule has 164 valence electrons. The molecule has 0 fully saturated rings. The largest absolute Gasteiger partial charge is 1.00 e. The van der Waals surface area contributed by atoms with E-state index in [1.807, 2.05) is 0 Å². The molecule has 27 heavy (non-hydrogen) atoms. The normalized spacial score (nSPS) is 12.6. The number of nitrogens with zero attached hydrogens (tertiary/aromatic N) is 1. The molecule has 0 N–H and O–H groups in total. The molecule has 0 aliphatic rings. The predicted octanol–water partition coefficient (Wildman–Crippen LogP) is 5.29. The average Bonchev–Trinajstić information content (AvgIpc) is 2.61. The second-order valence-electron chi connectivity index (χ2n) is 9.08. The third-order valence-corrected chi connectivity index (χ3v) is 6.12. The molecule has 1 atom stereocenters. The smallest absolute Gasteiger partial charge is 0.0969 e. The van der Waals surface area contributed by atoms with Gasteiger partial charge in [0.15, 0.2) is 0 Å². The summed E-state index contributed by atoms with van der Waals surface area (Å²) in [6.07, 6.45) is 26.3. The molecule has 0 spiro atoms. The standard InChI is InChI=1S/C25H52N.ClH/c1-6-9-11-13-15-16-17-19-21-23-25(26(4,5)24-8-3)22-20-18-14-12-10-7-2;/h8,25H,3,6-7,9-24H2,1-2,4-5H3;1H/q+1;/p-1. The monoisotopic (exact) mass is 401 g/mol. The van der Waals surface area contributed by atoms with E-state index in [0.29, 0.717) is 0 Å². The van der Waals surface area contributed by atoms with E-state index < -0.39 is 0 Å². The molecule has 0 aliphatic carbocycles. The van der Waals surface area contributed by atoms with Gasteiger partial charge in [-0.3, -0.25) is 0 Å². The molecular weight excluding hydrogens is 350 g/mol. The number of hydrogen-bond acceptors (Lipinski definition) is 0. The average molecular weight is 402 g/mol. The minimum absolute atomic E-state index is 0.